The Morgan fingerprint density at radius 2 is 1.95 bits per heavy atom. The summed E-state index contributed by atoms with van der Waals surface area (Å²) in [6.45, 7) is 7.39. The molecule has 2 aliphatic rings. The van der Waals surface area contributed by atoms with E-state index in [1.807, 2.05) is 18.2 Å². The fraction of sp³-hybridized carbons (Fsp3) is 0.455. The van der Waals surface area contributed by atoms with Gasteiger partial charge in [-0.3, -0.25) is 14.7 Å². The summed E-state index contributed by atoms with van der Waals surface area (Å²) in [6, 6.07) is 5.38. The molecule has 43 heavy (non-hydrogen) atoms. The molecule has 1 N–H and O–H groups in total. The molecule has 4 rings (SSSR count). The maximum absolute atomic E-state index is 15.0. The minimum atomic E-state index is -0.774. The third-order valence-electron chi connectivity index (χ3n) is 7.82. The summed E-state index contributed by atoms with van der Waals surface area (Å²) in [5, 5.41) is 2.85. The number of aldehydes is 1. The zero-order chi connectivity index (χ0) is 31.2. The number of aromatic nitrogens is 1. The van der Waals surface area contributed by atoms with Gasteiger partial charge < -0.3 is 19.6 Å². The summed E-state index contributed by atoms with van der Waals surface area (Å²) in [4.78, 5) is 43.0. The Kier molecular flexibility index (Phi) is 10.1. The van der Waals surface area contributed by atoms with E-state index in [2.05, 4.69) is 23.3 Å². The van der Waals surface area contributed by atoms with Crippen molar-refractivity contribution in [1.29, 1.82) is 0 Å². The number of carbonyl (C=O) groups excluding carboxylic acids is 3. The van der Waals surface area contributed by atoms with Crippen LogP contribution in [0.25, 0.3) is 0 Å². The fourth-order valence-corrected chi connectivity index (χ4v) is 5.49. The highest BCUT2D eigenvalue weighted by Gasteiger charge is 2.36. The highest BCUT2D eigenvalue weighted by molar-refractivity contribution is 5.92. The van der Waals surface area contributed by atoms with Gasteiger partial charge >= 0.3 is 6.09 Å². The molecular formula is C33H39F2N3O5. The van der Waals surface area contributed by atoms with Gasteiger partial charge in [-0.1, -0.05) is 43.4 Å². The first kappa shape index (κ1) is 32.0. The molecule has 1 aromatic carbocycles. The standard InChI is InChI=1S/C33H39F2N3O5/c1-32(2,3)43-31(41)38-19-25(42-21-24(38)20-39)12-13-26-28(35)17-36-18-29(26)37-30(40)16-27(22-8-10-23(34)11-9-22)33(4)14-6-5-7-15-33/h5-11,14,17-18,20,24-25,27H,12-13,15-16,19,21H2,1-4H3,(H,37,40)/t24-,25-,27+,33?/m1/s1. The van der Waals surface area contributed by atoms with Crippen molar-refractivity contribution in [2.24, 2.45) is 5.41 Å². The summed E-state index contributed by atoms with van der Waals surface area (Å²) < 4.78 is 40.0. The van der Waals surface area contributed by atoms with Gasteiger partial charge in [-0.2, -0.15) is 0 Å². The smallest absolute Gasteiger partial charge is 0.411 e. The Morgan fingerprint density at radius 1 is 1.21 bits per heavy atom. The first-order chi connectivity index (χ1) is 20.4. The van der Waals surface area contributed by atoms with E-state index in [0.29, 0.717) is 19.1 Å². The molecular weight excluding hydrogens is 556 g/mol. The van der Waals surface area contributed by atoms with Crippen LogP contribution in [0, 0.1) is 17.0 Å². The van der Waals surface area contributed by atoms with Crippen molar-refractivity contribution in [2.75, 3.05) is 18.5 Å². The number of rotatable bonds is 9. The number of allylic oxidation sites excluding steroid dienone is 4. The number of carbonyl (C=O) groups is 3. The SMILES string of the molecule is CC(C)(C)OC(=O)N1C[C@@H](CCc2c(F)cncc2NC(=O)C[C@@H](c2ccc(F)cc2)C2(C)C=CC=CC2)OC[C@H]1C=O. The molecule has 2 heterocycles. The van der Waals surface area contributed by atoms with E-state index in [4.69, 9.17) is 9.47 Å². The average molecular weight is 596 g/mol. The van der Waals surface area contributed by atoms with Crippen molar-refractivity contribution >= 4 is 24.0 Å². The third-order valence-corrected chi connectivity index (χ3v) is 7.82. The largest absolute Gasteiger partial charge is 0.444 e. The Bertz CT molecular complexity index is 1370. The number of nitrogens with one attached hydrogen (secondary N) is 1. The molecule has 2 aromatic rings. The second-order valence-corrected chi connectivity index (χ2v) is 12.3. The molecule has 0 radical (unpaired) electrons. The van der Waals surface area contributed by atoms with Gasteiger partial charge in [0.25, 0.3) is 0 Å². The molecule has 0 spiro atoms. The second-order valence-electron chi connectivity index (χ2n) is 12.3. The number of ether oxygens (including phenoxy) is 2. The zero-order valence-corrected chi connectivity index (χ0v) is 25.0. The van der Waals surface area contributed by atoms with Crippen LogP contribution in [0.5, 0.6) is 0 Å². The molecule has 4 atom stereocenters. The van der Waals surface area contributed by atoms with Crippen molar-refractivity contribution in [2.45, 2.75) is 77.0 Å². The van der Waals surface area contributed by atoms with Gasteiger partial charge in [-0.25, -0.2) is 13.6 Å². The lowest BCUT2D eigenvalue weighted by Crippen LogP contribution is -2.54. The van der Waals surface area contributed by atoms with Crippen molar-refractivity contribution < 1.29 is 32.6 Å². The first-order valence-electron chi connectivity index (χ1n) is 14.5. The molecule has 0 bridgehead atoms. The summed E-state index contributed by atoms with van der Waals surface area (Å²) >= 11 is 0. The zero-order valence-electron chi connectivity index (χ0n) is 25.0. The summed E-state index contributed by atoms with van der Waals surface area (Å²) in [7, 11) is 0. The van der Waals surface area contributed by atoms with Crippen molar-refractivity contribution in [3.8, 4) is 0 Å². The van der Waals surface area contributed by atoms with Gasteiger partial charge in [-0.15, -0.1) is 0 Å². The predicted octanol–water partition coefficient (Wildman–Crippen LogP) is 6.13. The molecule has 0 saturated carbocycles. The molecule has 1 saturated heterocycles. The topological polar surface area (TPSA) is 97.8 Å². The van der Waals surface area contributed by atoms with Crippen LogP contribution in [0.2, 0.25) is 0 Å². The van der Waals surface area contributed by atoms with Gasteiger partial charge in [0.15, 0.2) is 0 Å². The fourth-order valence-electron chi connectivity index (χ4n) is 5.49. The van der Waals surface area contributed by atoms with Gasteiger partial charge in [0, 0.05) is 17.9 Å². The number of morpholine rings is 1. The van der Waals surface area contributed by atoms with Crippen LogP contribution in [0.15, 0.2) is 61.0 Å². The average Bonchev–Trinajstić information content (AvgIpc) is 2.95. The van der Waals surface area contributed by atoms with Gasteiger partial charge in [-0.05, 0) is 63.1 Å². The molecule has 1 aromatic heterocycles. The molecule has 2 amide bonds. The highest BCUT2D eigenvalue weighted by atomic mass is 19.1. The number of benzene rings is 1. The lowest BCUT2D eigenvalue weighted by atomic mass is 9.68. The van der Waals surface area contributed by atoms with Crippen LogP contribution >= 0.6 is 0 Å². The van der Waals surface area contributed by atoms with Crippen molar-refractivity contribution in [1.82, 2.24) is 9.88 Å². The van der Waals surface area contributed by atoms with Gasteiger partial charge in [0.1, 0.15) is 29.6 Å². The normalized spacial score (nSPS) is 22.6. The van der Waals surface area contributed by atoms with Crippen LogP contribution < -0.4 is 5.32 Å². The third kappa shape index (κ3) is 8.34. The molecule has 8 nitrogen and oxygen atoms in total. The number of amides is 2. The molecule has 1 aliphatic heterocycles. The number of nitrogens with zero attached hydrogens (tertiary/aromatic N) is 2. The number of pyridine rings is 1. The van der Waals surface area contributed by atoms with Gasteiger partial charge in [0.2, 0.25) is 5.91 Å². The van der Waals surface area contributed by atoms with Crippen molar-refractivity contribution in [3.05, 3.63) is 83.7 Å². The van der Waals surface area contributed by atoms with E-state index in [9.17, 15) is 18.8 Å². The van der Waals surface area contributed by atoms with Crippen LogP contribution in [0.3, 0.4) is 0 Å². The number of anilines is 1. The van der Waals surface area contributed by atoms with Crippen LogP contribution in [-0.2, 0) is 25.5 Å². The van der Waals surface area contributed by atoms with E-state index >= 15 is 4.39 Å². The lowest BCUT2D eigenvalue weighted by molar-refractivity contribution is -0.123. The van der Waals surface area contributed by atoms with E-state index < -0.39 is 29.7 Å². The molecule has 10 heteroatoms. The molecule has 1 unspecified atom stereocenters. The number of hydrogen-bond acceptors (Lipinski definition) is 6. The first-order valence-corrected chi connectivity index (χ1v) is 14.5. The summed E-state index contributed by atoms with van der Waals surface area (Å²) in [5.74, 6) is -1.53. The monoisotopic (exact) mass is 595 g/mol. The summed E-state index contributed by atoms with van der Waals surface area (Å²) in [5.41, 5.74) is 0.220. The van der Waals surface area contributed by atoms with E-state index in [-0.39, 0.29) is 60.3 Å². The van der Waals surface area contributed by atoms with Crippen LogP contribution in [0.1, 0.15) is 64.0 Å². The molecule has 1 aliphatic carbocycles. The Morgan fingerprint density at radius 3 is 2.60 bits per heavy atom. The van der Waals surface area contributed by atoms with Crippen LogP contribution in [-0.4, -0.2) is 59.1 Å². The maximum atomic E-state index is 15.0. The minimum absolute atomic E-state index is 0.00298. The lowest BCUT2D eigenvalue weighted by Gasteiger charge is -2.38. The van der Waals surface area contributed by atoms with E-state index in [1.165, 1.54) is 23.2 Å². The quantitative estimate of drug-likeness (QED) is 0.350. The maximum Gasteiger partial charge on any atom is 0.411 e. The second kappa shape index (κ2) is 13.6. The Hall–Kier alpha value is -3.92. The number of hydrogen-bond donors (Lipinski definition) is 1. The van der Waals surface area contributed by atoms with Crippen molar-refractivity contribution in [3.63, 3.8) is 0 Å². The van der Waals surface area contributed by atoms with Gasteiger partial charge in [0.05, 0.1) is 37.3 Å². The summed E-state index contributed by atoms with van der Waals surface area (Å²) in [6.07, 6.45) is 11.3. The Labute approximate surface area is 251 Å². The van der Waals surface area contributed by atoms with Crippen LogP contribution in [0.4, 0.5) is 19.3 Å². The number of halogens is 2. The molecule has 230 valence electrons. The van der Waals surface area contributed by atoms with E-state index in [1.54, 1.807) is 32.9 Å². The highest BCUT2D eigenvalue weighted by Crippen LogP contribution is 2.44. The Balaban J connectivity index is 1.46. The minimum Gasteiger partial charge on any atom is -0.444 e. The predicted molar refractivity (Wildman–Crippen MR) is 158 cm³/mol. The van der Waals surface area contributed by atoms with E-state index in [0.717, 1.165) is 11.8 Å². The molecule has 1 fully saturated rings.